The second-order valence-corrected chi connectivity index (χ2v) is 8.39. The number of carbonyl (C=O) groups excluding carboxylic acids is 2. The Hall–Kier alpha value is -1.08. The van der Waals surface area contributed by atoms with Crippen molar-refractivity contribution in [2.24, 2.45) is 11.1 Å². The summed E-state index contributed by atoms with van der Waals surface area (Å²) < 4.78 is 11.1. The number of hydrogen-bond donors (Lipinski definition) is 1. The topological polar surface area (TPSA) is 81.9 Å². The predicted molar refractivity (Wildman–Crippen MR) is 74.4 cm³/mol. The van der Waals surface area contributed by atoms with Gasteiger partial charge in [0.2, 0.25) is 5.91 Å². The van der Waals surface area contributed by atoms with E-state index in [0.29, 0.717) is 5.54 Å². The minimum atomic E-state index is -0.764. The monoisotopic (exact) mass is 288 g/mol. The highest BCUT2D eigenvalue weighted by molar-refractivity contribution is 6.40. The molecule has 110 valence electrons. The van der Waals surface area contributed by atoms with Crippen molar-refractivity contribution < 1.29 is 19.1 Å². The normalized spacial score (nSPS) is 25.4. The molecule has 1 aliphatic heterocycles. The van der Waals surface area contributed by atoms with Gasteiger partial charge < -0.3 is 19.8 Å². The van der Waals surface area contributed by atoms with Crippen molar-refractivity contribution in [1.29, 1.82) is 0 Å². The van der Waals surface area contributed by atoms with E-state index in [2.05, 4.69) is 32.4 Å². The largest absolute Gasteiger partial charge is 0.508 e. The molecule has 1 rings (SSSR count). The van der Waals surface area contributed by atoms with Crippen LogP contribution < -0.4 is 5.73 Å². The number of nitrogens with two attached hydrogens (primary N) is 1. The van der Waals surface area contributed by atoms with Gasteiger partial charge in [-0.3, -0.25) is 4.79 Å². The Balaban J connectivity index is 2.56. The molecule has 0 bridgehead atoms. The molecule has 0 spiro atoms. The smallest absolute Gasteiger partial charge is 0.438 e. The van der Waals surface area contributed by atoms with Gasteiger partial charge in [-0.2, -0.15) is 0 Å². The van der Waals surface area contributed by atoms with Crippen LogP contribution in [0.4, 0.5) is 4.79 Å². The molecule has 0 radical (unpaired) electrons. The van der Waals surface area contributed by atoms with Crippen molar-refractivity contribution >= 4 is 21.7 Å². The van der Waals surface area contributed by atoms with Gasteiger partial charge >= 0.3 is 6.16 Å². The summed E-state index contributed by atoms with van der Waals surface area (Å²) in [5.41, 5.74) is 6.40. The Bertz CT molecular complexity index is 356. The van der Waals surface area contributed by atoms with Crippen molar-refractivity contribution in [2.75, 3.05) is 13.7 Å². The van der Waals surface area contributed by atoms with Gasteiger partial charge in [-0.25, -0.2) is 4.79 Å². The average Bonchev–Trinajstić information content (AvgIpc) is 2.35. The molecule has 1 saturated heterocycles. The highest BCUT2D eigenvalue weighted by Gasteiger charge is 2.46. The summed E-state index contributed by atoms with van der Waals surface area (Å²) in [7, 11) is 0.489. The van der Waals surface area contributed by atoms with Crippen LogP contribution in [0.15, 0.2) is 0 Å². The van der Waals surface area contributed by atoms with E-state index >= 15 is 0 Å². The van der Waals surface area contributed by atoms with E-state index in [-0.39, 0.29) is 24.0 Å². The van der Waals surface area contributed by atoms with Crippen molar-refractivity contribution in [3.8, 4) is 0 Å². The third-order valence-corrected chi connectivity index (χ3v) is 6.82. The molecule has 19 heavy (non-hydrogen) atoms. The first-order valence-corrected chi connectivity index (χ1v) is 7.90. The third kappa shape index (κ3) is 3.70. The summed E-state index contributed by atoms with van der Waals surface area (Å²) in [6.07, 6.45) is -0.739. The molecule has 3 atom stereocenters. The fourth-order valence-corrected chi connectivity index (χ4v) is 3.96. The van der Waals surface area contributed by atoms with Gasteiger partial charge in [0.15, 0.2) is 0 Å². The molecule has 1 amide bonds. The van der Waals surface area contributed by atoms with Crippen LogP contribution in [0.2, 0.25) is 5.54 Å². The molecule has 1 fully saturated rings. The lowest BCUT2D eigenvalue weighted by atomic mass is 9.93. The summed E-state index contributed by atoms with van der Waals surface area (Å²) in [6.45, 7) is 8.75. The van der Waals surface area contributed by atoms with Crippen LogP contribution in [0.25, 0.3) is 0 Å². The molecular formula is C12H24N2O4Si. The van der Waals surface area contributed by atoms with Gasteiger partial charge in [-0.05, 0) is 11.0 Å². The van der Waals surface area contributed by atoms with Crippen LogP contribution in [0, 0.1) is 5.41 Å². The molecule has 0 aromatic heterocycles. The van der Waals surface area contributed by atoms with Gasteiger partial charge in [0.1, 0.15) is 22.3 Å². The van der Waals surface area contributed by atoms with Gasteiger partial charge in [-0.15, -0.1) is 0 Å². The Kier molecular flexibility index (Phi) is 4.97. The van der Waals surface area contributed by atoms with Crippen LogP contribution in [0.3, 0.4) is 0 Å². The highest BCUT2D eigenvalue weighted by atomic mass is 28.2. The molecule has 6 nitrogen and oxygen atoms in total. The van der Waals surface area contributed by atoms with Gasteiger partial charge in [0.05, 0.1) is 13.2 Å². The standard InChI is InChI=1S/C12H24N2O4Si/c1-7(12(2,3)4)19-14-8(9(13)10(14)15)6-18-11(16)17-5/h7-9H,6,13,19H2,1-5H3. The zero-order chi connectivity index (χ0) is 14.8. The van der Waals surface area contributed by atoms with Gasteiger partial charge in [0.25, 0.3) is 0 Å². The molecule has 1 aliphatic rings. The number of rotatable bonds is 4. The van der Waals surface area contributed by atoms with E-state index < -0.39 is 21.9 Å². The Morgan fingerprint density at radius 2 is 2.11 bits per heavy atom. The minimum Gasteiger partial charge on any atom is -0.438 e. The number of carbonyl (C=O) groups is 2. The third-order valence-electron chi connectivity index (χ3n) is 3.87. The zero-order valence-electron chi connectivity index (χ0n) is 12.3. The van der Waals surface area contributed by atoms with E-state index in [1.807, 2.05) is 4.57 Å². The Morgan fingerprint density at radius 3 is 2.58 bits per heavy atom. The van der Waals surface area contributed by atoms with E-state index in [9.17, 15) is 9.59 Å². The zero-order valence-corrected chi connectivity index (χ0v) is 13.7. The summed E-state index contributed by atoms with van der Waals surface area (Å²) in [6, 6.07) is -0.743. The molecule has 0 aromatic rings. The fraction of sp³-hybridized carbons (Fsp3) is 0.833. The Morgan fingerprint density at radius 1 is 1.53 bits per heavy atom. The molecule has 1 heterocycles. The minimum absolute atomic E-state index is 0.0266. The number of nitrogens with zero attached hydrogens (tertiary/aromatic N) is 1. The lowest BCUT2D eigenvalue weighted by Crippen LogP contribution is -2.71. The van der Waals surface area contributed by atoms with Gasteiger partial charge in [-0.1, -0.05) is 27.7 Å². The second-order valence-electron chi connectivity index (χ2n) is 6.12. The van der Waals surface area contributed by atoms with Crippen LogP contribution in [-0.2, 0) is 14.3 Å². The summed E-state index contributed by atoms with van der Waals surface area (Å²) in [5.74, 6) is -0.0266. The predicted octanol–water partition coefficient (Wildman–Crippen LogP) is 0.246. The van der Waals surface area contributed by atoms with Gasteiger partial charge in [0, 0.05) is 0 Å². The first-order valence-electron chi connectivity index (χ1n) is 6.45. The lowest BCUT2D eigenvalue weighted by molar-refractivity contribution is -0.143. The van der Waals surface area contributed by atoms with Crippen molar-refractivity contribution in [3.63, 3.8) is 0 Å². The number of ether oxygens (including phenoxy) is 2. The number of hydrogen-bond acceptors (Lipinski definition) is 5. The van der Waals surface area contributed by atoms with E-state index in [1.165, 1.54) is 7.11 Å². The maximum Gasteiger partial charge on any atom is 0.508 e. The number of methoxy groups -OCH3 is 1. The Labute approximate surface area is 116 Å². The molecule has 3 unspecified atom stereocenters. The second kappa shape index (κ2) is 5.92. The van der Waals surface area contributed by atoms with E-state index in [1.54, 1.807) is 0 Å². The maximum atomic E-state index is 11.8. The number of amides is 1. The van der Waals surface area contributed by atoms with E-state index in [0.717, 1.165) is 0 Å². The van der Waals surface area contributed by atoms with E-state index in [4.69, 9.17) is 10.5 Å². The van der Waals surface area contributed by atoms with Crippen molar-refractivity contribution in [3.05, 3.63) is 0 Å². The van der Waals surface area contributed by atoms with Crippen LogP contribution in [0.5, 0.6) is 0 Å². The average molecular weight is 288 g/mol. The molecule has 0 aromatic carbocycles. The van der Waals surface area contributed by atoms with Crippen LogP contribution in [0.1, 0.15) is 27.7 Å². The summed E-state index contributed by atoms with van der Waals surface area (Å²) >= 11 is 0. The number of β-lactam (4-membered cyclic amide) rings is 1. The molecule has 0 aliphatic carbocycles. The molecule has 7 heteroatoms. The lowest BCUT2D eigenvalue weighted by Gasteiger charge is -2.47. The van der Waals surface area contributed by atoms with Crippen LogP contribution >= 0.6 is 0 Å². The van der Waals surface area contributed by atoms with Crippen molar-refractivity contribution in [1.82, 2.24) is 4.57 Å². The summed E-state index contributed by atoms with van der Waals surface area (Å²) in [5, 5.41) is 0. The first kappa shape index (κ1) is 16.0. The van der Waals surface area contributed by atoms with Crippen LogP contribution in [-0.4, -0.2) is 52.1 Å². The maximum absolute atomic E-state index is 11.8. The molecule has 0 saturated carbocycles. The summed E-state index contributed by atoms with van der Waals surface area (Å²) in [4.78, 5) is 22.8. The molecular weight excluding hydrogens is 264 g/mol. The highest BCUT2D eigenvalue weighted by Crippen LogP contribution is 2.32. The SMILES string of the molecule is COC(=O)OCC1C(N)C(=O)N1[SiH2]C(C)C(C)(C)C. The first-order chi connectivity index (χ1) is 8.68. The fourth-order valence-electron chi connectivity index (χ4n) is 1.83. The molecule has 2 N–H and O–H groups in total. The quantitative estimate of drug-likeness (QED) is 0.455. The van der Waals surface area contributed by atoms with Crippen molar-refractivity contribution in [2.45, 2.75) is 45.3 Å².